The van der Waals surface area contributed by atoms with Gasteiger partial charge in [0.15, 0.2) is 5.78 Å². The Balaban J connectivity index is 1.89. The number of likely N-dealkylation sites (tertiary alicyclic amines) is 1. The largest absolute Gasteiger partial charge is 0.359 e. The number of hydrogen-bond acceptors (Lipinski definition) is 3. The SMILES string of the molecule is NC1CCN(CC(=O)c2ccc[nH]2)C1. The average Bonchev–Trinajstić information content (AvgIpc) is 2.75. The first-order chi connectivity index (χ1) is 6.75. The van der Waals surface area contributed by atoms with Crippen molar-refractivity contribution in [3.8, 4) is 0 Å². The summed E-state index contributed by atoms with van der Waals surface area (Å²) in [5.74, 6) is 0.143. The lowest BCUT2D eigenvalue weighted by Gasteiger charge is -2.12. The number of ketones is 1. The summed E-state index contributed by atoms with van der Waals surface area (Å²) < 4.78 is 0. The van der Waals surface area contributed by atoms with Crippen molar-refractivity contribution in [2.75, 3.05) is 19.6 Å². The van der Waals surface area contributed by atoms with Gasteiger partial charge in [-0.25, -0.2) is 0 Å². The van der Waals surface area contributed by atoms with Crippen LogP contribution in [0.25, 0.3) is 0 Å². The second-order valence-corrected chi connectivity index (χ2v) is 3.79. The summed E-state index contributed by atoms with van der Waals surface area (Å²) in [6.07, 6.45) is 2.76. The number of carbonyl (C=O) groups is 1. The molecule has 14 heavy (non-hydrogen) atoms. The van der Waals surface area contributed by atoms with Crippen LogP contribution in [0.4, 0.5) is 0 Å². The van der Waals surface area contributed by atoms with Gasteiger partial charge in [-0.1, -0.05) is 0 Å². The molecule has 1 aromatic heterocycles. The number of nitrogens with two attached hydrogens (primary N) is 1. The predicted octanol–water partition coefficient (Wildman–Crippen LogP) is 0.230. The summed E-state index contributed by atoms with van der Waals surface area (Å²) >= 11 is 0. The molecule has 1 aromatic rings. The molecule has 2 rings (SSSR count). The number of H-pyrrole nitrogens is 1. The van der Waals surface area contributed by atoms with Gasteiger partial charge in [0, 0.05) is 25.3 Å². The Morgan fingerprint density at radius 1 is 1.71 bits per heavy atom. The zero-order valence-electron chi connectivity index (χ0n) is 8.07. The highest BCUT2D eigenvalue weighted by Crippen LogP contribution is 2.07. The van der Waals surface area contributed by atoms with Crippen LogP contribution in [0.5, 0.6) is 0 Å². The van der Waals surface area contributed by atoms with E-state index in [1.807, 2.05) is 6.07 Å². The topological polar surface area (TPSA) is 62.1 Å². The van der Waals surface area contributed by atoms with Gasteiger partial charge in [-0.15, -0.1) is 0 Å². The number of rotatable bonds is 3. The van der Waals surface area contributed by atoms with Crippen LogP contribution in [0.2, 0.25) is 0 Å². The molecule has 0 aromatic carbocycles. The Morgan fingerprint density at radius 2 is 2.57 bits per heavy atom. The third-order valence-corrected chi connectivity index (χ3v) is 2.57. The van der Waals surface area contributed by atoms with Crippen molar-refractivity contribution in [3.05, 3.63) is 24.0 Å². The second kappa shape index (κ2) is 3.94. The predicted molar refractivity (Wildman–Crippen MR) is 54.2 cm³/mol. The highest BCUT2D eigenvalue weighted by Gasteiger charge is 2.21. The van der Waals surface area contributed by atoms with Gasteiger partial charge in [-0.2, -0.15) is 0 Å². The van der Waals surface area contributed by atoms with E-state index in [2.05, 4.69) is 9.88 Å². The molecular formula is C10H15N3O. The van der Waals surface area contributed by atoms with E-state index >= 15 is 0 Å². The molecule has 0 spiro atoms. The molecule has 0 saturated carbocycles. The van der Waals surface area contributed by atoms with Gasteiger partial charge in [-0.3, -0.25) is 9.69 Å². The van der Waals surface area contributed by atoms with Crippen LogP contribution < -0.4 is 5.73 Å². The first kappa shape index (κ1) is 9.43. The molecule has 76 valence electrons. The molecule has 0 radical (unpaired) electrons. The number of nitrogens with zero attached hydrogens (tertiary/aromatic N) is 1. The van der Waals surface area contributed by atoms with E-state index in [1.165, 1.54) is 0 Å². The highest BCUT2D eigenvalue weighted by atomic mass is 16.1. The Morgan fingerprint density at radius 3 is 3.14 bits per heavy atom. The molecule has 1 atom stereocenters. The van der Waals surface area contributed by atoms with Crippen molar-refractivity contribution in [2.45, 2.75) is 12.5 Å². The zero-order chi connectivity index (χ0) is 9.97. The number of hydrogen-bond donors (Lipinski definition) is 2. The van der Waals surface area contributed by atoms with Crippen LogP contribution in [0.15, 0.2) is 18.3 Å². The van der Waals surface area contributed by atoms with Gasteiger partial charge in [0.25, 0.3) is 0 Å². The van der Waals surface area contributed by atoms with Crippen molar-refractivity contribution < 1.29 is 4.79 Å². The maximum absolute atomic E-state index is 11.7. The van der Waals surface area contributed by atoms with Gasteiger partial charge < -0.3 is 10.7 Å². The molecule has 0 amide bonds. The number of nitrogens with one attached hydrogen (secondary N) is 1. The Hall–Kier alpha value is -1.13. The lowest BCUT2D eigenvalue weighted by molar-refractivity contribution is 0.0940. The van der Waals surface area contributed by atoms with E-state index in [0.717, 1.165) is 19.5 Å². The third kappa shape index (κ3) is 2.02. The monoisotopic (exact) mass is 193 g/mol. The standard InChI is InChI=1S/C10H15N3O/c11-8-3-5-13(6-8)7-10(14)9-2-1-4-12-9/h1-2,4,8,12H,3,5-7,11H2. The molecule has 4 nitrogen and oxygen atoms in total. The van der Waals surface area contributed by atoms with Gasteiger partial charge in [-0.05, 0) is 18.6 Å². The maximum Gasteiger partial charge on any atom is 0.192 e. The molecule has 1 aliphatic heterocycles. The van der Waals surface area contributed by atoms with Gasteiger partial charge >= 0.3 is 0 Å². The summed E-state index contributed by atoms with van der Waals surface area (Å²) in [4.78, 5) is 16.7. The minimum absolute atomic E-state index is 0.143. The molecule has 1 saturated heterocycles. The van der Waals surface area contributed by atoms with Crippen molar-refractivity contribution in [1.29, 1.82) is 0 Å². The second-order valence-electron chi connectivity index (χ2n) is 3.79. The summed E-state index contributed by atoms with van der Waals surface area (Å²) in [6, 6.07) is 3.88. The van der Waals surface area contributed by atoms with Crippen LogP contribution in [0.3, 0.4) is 0 Å². The molecular weight excluding hydrogens is 178 g/mol. The zero-order valence-corrected chi connectivity index (χ0v) is 8.07. The Bertz CT molecular complexity index is 307. The Kier molecular flexibility index (Phi) is 2.65. The average molecular weight is 193 g/mol. The van der Waals surface area contributed by atoms with Crippen molar-refractivity contribution in [3.63, 3.8) is 0 Å². The third-order valence-electron chi connectivity index (χ3n) is 2.57. The molecule has 2 heterocycles. The van der Waals surface area contributed by atoms with Crippen LogP contribution in [-0.2, 0) is 0 Å². The normalized spacial score (nSPS) is 22.8. The van der Waals surface area contributed by atoms with E-state index in [0.29, 0.717) is 12.2 Å². The fourth-order valence-electron chi connectivity index (χ4n) is 1.80. The molecule has 0 aliphatic carbocycles. The van der Waals surface area contributed by atoms with Gasteiger partial charge in [0.2, 0.25) is 0 Å². The summed E-state index contributed by atoms with van der Waals surface area (Å²) in [5, 5.41) is 0. The van der Waals surface area contributed by atoms with Crippen molar-refractivity contribution >= 4 is 5.78 Å². The maximum atomic E-state index is 11.7. The van der Waals surface area contributed by atoms with E-state index in [-0.39, 0.29) is 11.8 Å². The van der Waals surface area contributed by atoms with Crippen LogP contribution in [0, 0.1) is 0 Å². The molecule has 1 unspecified atom stereocenters. The van der Waals surface area contributed by atoms with Crippen LogP contribution in [-0.4, -0.2) is 41.3 Å². The minimum Gasteiger partial charge on any atom is -0.359 e. The molecule has 1 aliphatic rings. The molecule has 3 N–H and O–H groups in total. The fraction of sp³-hybridized carbons (Fsp3) is 0.500. The van der Waals surface area contributed by atoms with Crippen LogP contribution in [0.1, 0.15) is 16.9 Å². The number of aromatic nitrogens is 1. The first-order valence-electron chi connectivity index (χ1n) is 4.90. The molecule has 1 fully saturated rings. The summed E-state index contributed by atoms with van der Waals surface area (Å²) in [7, 11) is 0. The van der Waals surface area contributed by atoms with E-state index in [4.69, 9.17) is 5.73 Å². The Labute approximate surface area is 83.1 Å². The van der Waals surface area contributed by atoms with E-state index < -0.39 is 0 Å². The molecule has 4 heteroatoms. The number of carbonyl (C=O) groups excluding carboxylic acids is 1. The first-order valence-corrected chi connectivity index (χ1v) is 4.90. The number of Topliss-reactive ketones (excluding diaryl/α,β-unsaturated/α-hetero) is 1. The van der Waals surface area contributed by atoms with Gasteiger partial charge in [0.05, 0.1) is 12.2 Å². The minimum atomic E-state index is 0.143. The summed E-state index contributed by atoms with van der Waals surface area (Å²) in [6.45, 7) is 2.26. The quantitative estimate of drug-likeness (QED) is 0.675. The number of aromatic amines is 1. The van der Waals surface area contributed by atoms with E-state index in [1.54, 1.807) is 12.3 Å². The lowest BCUT2D eigenvalue weighted by Crippen LogP contribution is -2.31. The summed E-state index contributed by atoms with van der Waals surface area (Å²) in [5.41, 5.74) is 6.44. The smallest absolute Gasteiger partial charge is 0.192 e. The van der Waals surface area contributed by atoms with E-state index in [9.17, 15) is 4.79 Å². The van der Waals surface area contributed by atoms with Crippen LogP contribution >= 0.6 is 0 Å². The van der Waals surface area contributed by atoms with Gasteiger partial charge in [0.1, 0.15) is 0 Å². The van der Waals surface area contributed by atoms with Crippen molar-refractivity contribution in [1.82, 2.24) is 9.88 Å². The lowest BCUT2D eigenvalue weighted by atomic mass is 10.3. The highest BCUT2D eigenvalue weighted by molar-refractivity contribution is 5.95. The van der Waals surface area contributed by atoms with Crippen molar-refractivity contribution in [2.24, 2.45) is 5.73 Å². The fourth-order valence-corrected chi connectivity index (χ4v) is 1.80. The molecule has 0 bridgehead atoms.